The highest BCUT2D eigenvalue weighted by Gasteiger charge is 2.34. The van der Waals surface area contributed by atoms with Crippen LogP contribution >= 0.6 is 11.3 Å². The zero-order valence-corrected chi connectivity index (χ0v) is 13.8. The summed E-state index contributed by atoms with van der Waals surface area (Å²) < 4.78 is 0. The molecule has 24 heavy (non-hydrogen) atoms. The van der Waals surface area contributed by atoms with Crippen molar-refractivity contribution in [1.29, 1.82) is 5.26 Å². The Morgan fingerprint density at radius 3 is 2.58 bits per heavy atom. The predicted molar refractivity (Wildman–Crippen MR) is 89.4 cm³/mol. The molecule has 122 valence electrons. The van der Waals surface area contributed by atoms with Crippen LogP contribution in [-0.2, 0) is 16.0 Å². The Bertz CT molecular complexity index is 807. The standard InChI is InChI=1S/C18H16N2O3S/c19-10-15-17(11-4-2-1-3-5-11)20-16(24-15)9-14(21)12-6-7-13(8-12)18(22)23/h1-5,12-13H,6-9H2,(H,22,23)/t12-,13+/m0/s1. The summed E-state index contributed by atoms with van der Waals surface area (Å²) >= 11 is 1.24. The quantitative estimate of drug-likeness (QED) is 0.902. The van der Waals surface area contributed by atoms with Gasteiger partial charge in [0.25, 0.3) is 0 Å². The first-order chi connectivity index (χ1) is 11.6. The molecule has 1 saturated carbocycles. The molecule has 3 rings (SSSR count). The van der Waals surface area contributed by atoms with Crippen LogP contribution in [0.2, 0.25) is 0 Å². The first kappa shape index (κ1) is 16.3. The van der Waals surface area contributed by atoms with E-state index in [1.54, 1.807) is 0 Å². The number of carboxylic acid groups (broad SMARTS) is 1. The van der Waals surface area contributed by atoms with Gasteiger partial charge in [0.15, 0.2) is 0 Å². The van der Waals surface area contributed by atoms with Crippen molar-refractivity contribution < 1.29 is 14.7 Å². The molecule has 0 unspecified atom stereocenters. The Kier molecular flexibility index (Phi) is 4.72. The van der Waals surface area contributed by atoms with Crippen LogP contribution in [-0.4, -0.2) is 21.8 Å². The van der Waals surface area contributed by atoms with E-state index in [-0.39, 0.29) is 18.1 Å². The monoisotopic (exact) mass is 340 g/mol. The molecule has 0 saturated heterocycles. The molecule has 1 fully saturated rings. The molecule has 0 amide bonds. The van der Waals surface area contributed by atoms with E-state index in [0.717, 1.165) is 5.56 Å². The van der Waals surface area contributed by atoms with Crippen molar-refractivity contribution in [2.75, 3.05) is 0 Å². The lowest BCUT2D eigenvalue weighted by molar-refractivity contribution is -0.141. The highest BCUT2D eigenvalue weighted by molar-refractivity contribution is 7.12. The lowest BCUT2D eigenvalue weighted by atomic mass is 9.98. The summed E-state index contributed by atoms with van der Waals surface area (Å²) in [6.07, 6.45) is 1.76. The Labute approximate surface area is 143 Å². The second kappa shape index (κ2) is 6.93. The van der Waals surface area contributed by atoms with Gasteiger partial charge in [-0.1, -0.05) is 30.3 Å². The van der Waals surface area contributed by atoms with Gasteiger partial charge in [-0.15, -0.1) is 11.3 Å². The average Bonchev–Trinajstić information content (AvgIpc) is 3.22. The van der Waals surface area contributed by atoms with Crippen molar-refractivity contribution >= 4 is 23.1 Å². The lowest BCUT2D eigenvalue weighted by Crippen LogP contribution is -2.16. The van der Waals surface area contributed by atoms with Crippen molar-refractivity contribution in [3.63, 3.8) is 0 Å². The molecule has 1 heterocycles. The summed E-state index contributed by atoms with van der Waals surface area (Å²) in [5, 5.41) is 19.0. The van der Waals surface area contributed by atoms with Crippen LogP contribution in [0.25, 0.3) is 11.3 Å². The number of hydrogen-bond acceptors (Lipinski definition) is 5. The van der Waals surface area contributed by atoms with Gasteiger partial charge in [0.2, 0.25) is 0 Å². The third kappa shape index (κ3) is 3.36. The molecule has 6 heteroatoms. The van der Waals surface area contributed by atoms with E-state index in [9.17, 15) is 14.9 Å². The molecule has 5 nitrogen and oxygen atoms in total. The number of rotatable bonds is 5. The first-order valence-electron chi connectivity index (χ1n) is 7.79. The number of carbonyl (C=O) groups is 2. The van der Waals surface area contributed by atoms with Gasteiger partial charge < -0.3 is 5.11 Å². The minimum absolute atomic E-state index is 0.0246. The number of nitrogens with zero attached hydrogens (tertiary/aromatic N) is 2. The van der Waals surface area contributed by atoms with Crippen molar-refractivity contribution in [1.82, 2.24) is 4.98 Å². The summed E-state index contributed by atoms with van der Waals surface area (Å²) in [5.74, 6) is -1.42. The van der Waals surface area contributed by atoms with Gasteiger partial charge >= 0.3 is 5.97 Å². The van der Waals surface area contributed by atoms with Gasteiger partial charge in [-0.05, 0) is 19.3 Å². The van der Waals surface area contributed by atoms with Crippen LogP contribution in [0, 0.1) is 23.2 Å². The lowest BCUT2D eigenvalue weighted by Gasteiger charge is -2.06. The number of carbonyl (C=O) groups excluding carboxylic acids is 1. The largest absolute Gasteiger partial charge is 0.481 e. The van der Waals surface area contributed by atoms with Crippen LogP contribution < -0.4 is 0 Å². The highest BCUT2D eigenvalue weighted by Crippen LogP contribution is 2.33. The highest BCUT2D eigenvalue weighted by atomic mass is 32.1. The molecule has 0 bridgehead atoms. The van der Waals surface area contributed by atoms with E-state index in [1.807, 2.05) is 30.3 Å². The zero-order valence-electron chi connectivity index (χ0n) is 12.9. The average molecular weight is 340 g/mol. The van der Waals surface area contributed by atoms with Gasteiger partial charge in [-0.25, -0.2) is 4.98 Å². The molecule has 2 aromatic rings. The molecule has 1 aliphatic rings. The SMILES string of the molecule is N#Cc1sc(CC(=O)[C@H]2CC[C@@H](C(=O)O)C2)nc1-c1ccccc1. The third-order valence-corrected chi connectivity index (χ3v) is 5.34. The topological polar surface area (TPSA) is 91.0 Å². The fourth-order valence-electron chi connectivity index (χ4n) is 3.10. The van der Waals surface area contributed by atoms with Gasteiger partial charge in [0, 0.05) is 11.5 Å². The molecule has 2 atom stereocenters. The van der Waals surface area contributed by atoms with E-state index < -0.39 is 11.9 Å². The molecule has 0 spiro atoms. The molecular formula is C18H16N2O3S. The Hall–Kier alpha value is -2.52. The number of Topliss-reactive ketones (excluding diaryl/α,β-unsaturated/α-hetero) is 1. The maximum absolute atomic E-state index is 12.4. The number of benzene rings is 1. The molecule has 1 aromatic carbocycles. The summed E-state index contributed by atoms with van der Waals surface area (Å²) in [5.41, 5.74) is 1.47. The van der Waals surface area contributed by atoms with Gasteiger partial charge in [0.05, 0.1) is 18.0 Å². The zero-order chi connectivity index (χ0) is 17.1. The maximum Gasteiger partial charge on any atom is 0.306 e. The summed E-state index contributed by atoms with van der Waals surface area (Å²) in [7, 11) is 0. The fraction of sp³-hybridized carbons (Fsp3) is 0.333. The molecule has 1 aromatic heterocycles. The van der Waals surface area contributed by atoms with Crippen molar-refractivity contribution in [3.8, 4) is 17.3 Å². The number of ketones is 1. The van der Waals surface area contributed by atoms with E-state index in [0.29, 0.717) is 34.8 Å². The van der Waals surface area contributed by atoms with Crippen LogP contribution in [0.1, 0.15) is 29.1 Å². The van der Waals surface area contributed by atoms with E-state index in [2.05, 4.69) is 11.1 Å². The van der Waals surface area contributed by atoms with Crippen LogP contribution in [0.3, 0.4) is 0 Å². The number of thiazole rings is 1. The molecule has 0 aliphatic heterocycles. The van der Waals surface area contributed by atoms with Gasteiger partial charge in [-0.2, -0.15) is 5.26 Å². The Morgan fingerprint density at radius 1 is 1.25 bits per heavy atom. The summed E-state index contributed by atoms with van der Waals surface area (Å²) in [6, 6.07) is 11.6. The predicted octanol–water partition coefficient (Wildman–Crippen LogP) is 3.29. The van der Waals surface area contributed by atoms with E-state index >= 15 is 0 Å². The number of aliphatic carboxylic acids is 1. The normalized spacial score (nSPS) is 19.8. The molecule has 0 radical (unpaired) electrons. The minimum Gasteiger partial charge on any atom is -0.481 e. The third-order valence-electron chi connectivity index (χ3n) is 4.38. The molecule has 1 aliphatic carbocycles. The molecule has 1 N–H and O–H groups in total. The number of aromatic nitrogens is 1. The Morgan fingerprint density at radius 2 is 1.96 bits per heavy atom. The summed E-state index contributed by atoms with van der Waals surface area (Å²) in [4.78, 5) is 28.4. The fourth-order valence-corrected chi connectivity index (χ4v) is 3.99. The van der Waals surface area contributed by atoms with Crippen molar-refractivity contribution in [2.24, 2.45) is 11.8 Å². The smallest absolute Gasteiger partial charge is 0.306 e. The second-order valence-electron chi connectivity index (χ2n) is 5.95. The van der Waals surface area contributed by atoms with Crippen LogP contribution in [0.4, 0.5) is 0 Å². The summed E-state index contributed by atoms with van der Waals surface area (Å²) in [6.45, 7) is 0. The minimum atomic E-state index is -0.822. The van der Waals surface area contributed by atoms with Crippen molar-refractivity contribution in [3.05, 3.63) is 40.2 Å². The number of nitriles is 1. The Balaban J connectivity index is 1.75. The van der Waals surface area contributed by atoms with Crippen LogP contribution in [0.15, 0.2) is 30.3 Å². The molecular weight excluding hydrogens is 324 g/mol. The van der Waals surface area contributed by atoms with Crippen LogP contribution in [0.5, 0.6) is 0 Å². The van der Waals surface area contributed by atoms with Crippen molar-refractivity contribution in [2.45, 2.75) is 25.7 Å². The van der Waals surface area contributed by atoms with Gasteiger partial charge in [0.1, 0.15) is 21.7 Å². The maximum atomic E-state index is 12.4. The second-order valence-corrected chi connectivity index (χ2v) is 7.04. The van der Waals surface area contributed by atoms with E-state index in [4.69, 9.17) is 5.11 Å². The number of carboxylic acids is 1. The van der Waals surface area contributed by atoms with Gasteiger partial charge in [-0.3, -0.25) is 9.59 Å². The van der Waals surface area contributed by atoms with E-state index in [1.165, 1.54) is 11.3 Å². The first-order valence-corrected chi connectivity index (χ1v) is 8.61. The number of hydrogen-bond donors (Lipinski definition) is 1.